The highest BCUT2D eigenvalue weighted by Gasteiger charge is 2.48. The third-order valence-corrected chi connectivity index (χ3v) is 4.08. The van der Waals surface area contributed by atoms with Crippen LogP contribution in [0.5, 0.6) is 0 Å². The Bertz CT molecular complexity index is 226. The van der Waals surface area contributed by atoms with Gasteiger partial charge in [-0.1, -0.05) is 19.3 Å². The second kappa shape index (κ2) is 2.24. The Kier molecular flexibility index (Phi) is 1.29. The van der Waals surface area contributed by atoms with E-state index in [2.05, 4.69) is 5.32 Å². The Morgan fingerprint density at radius 2 is 1.92 bits per heavy atom. The van der Waals surface area contributed by atoms with E-state index in [1.807, 2.05) is 0 Å². The van der Waals surface area contributed by atoms with Gasteiger partial charge in [-0.25, -0.2) is 0 Å². The molecule has 3 aliphatic rings. The van der Waals surface area contributed by atoms with Crippen molar-refractivity contribution >= 4 is 5.91 Å². The van der Waals surface area contributed by atoms with Crippen molar-refractivity contribution in [3.63, 3.8) is 0 Å². The summed E-state index contributed by atoms with van der Waals surface area (Å²) in [5, 5.41) is 3.02. The number of amides is 1. The number of hydrogen-bond donors (Lipinski definition) is 1. The minimum atomic E-state index is 0.324. The first kappa shape index (κ1) is 6.93. The molecule has 3 rings (SSSR count). The Labute approximate surface area is 72.7 Å². The largest absolute Gasteiger partial charge is 0.352 e. The molecule has 0 radical (unpaired) electrons. The first-order valence-electron chi connectivity index (χ1n) is 5.15. The van der Waals surface area contributed by atoms with Gasteiger partial charge in [0.05, 0.1) is 5.92 Å². The third kappa shape index (κ3) is 0.782. The smallest absolute Gasteiger partial charge is 0.225 e. The van der Waals surface area contributed by atoms with Gasteiger partial charge in [-0.05, 0) is 24.7 Å². The predicted octanol–water partition coefficient (Wildman–Crippen LogP) is 1.31. The van der Waals surface area contributed by atoms with Gasteiger partial charge in [-0.2, -0.15) is 0 Å². The molecule has 66 valence electrons. The predicted molar refractivity (Wildman–Crippen MR) is 45.5 cm³/mol. The van der Waals surface area contributed by atoms with Crippen LogP contribution in [0.25, 0.3) is 0 Å². The zero-order chi connectivity index (χ0) is 8.13. The molecule has 2 nitrogen and oxygen atoms in total. The van der Waals surface area contributed by atoms with Crippen molar-refractivity contribution in [2.24, 2.45) is 17.8 Å². The Balaban J connectivity index is 1.77. The average Bonchev–Trinajstić information content (AvgIpc) is 2.49. The van der Waals surface area contributed by atoms with Gasteiger partial charge in [0.25, 0.3) is 0 Å². The van der Waals surface area contributed by atoms with Crippen LogP contribution in [-0.4, -0.2) is 11.9 Å². The highest BCUT2D eigenvalue weighted by molar-refractivity contribution is 5.86. The summed E-state index contributed by atoms with van der Waals surface area (Å²) in [5.41, 5.74) is 0. The van der Waals surface area contributed by atoms with Crippen molar-refractivity contribution in [2.75, 3.05) is 0 Å². The minimum absolute atomic E-state index is 0.324. The monoisotopic (exact) mass is 165 g/mol. The Morgan fingerprint density at radius 3 is 2.67 bits per heavy atom. The van der Waals surface area contributed by atoms with Gasteiger partial charge in [0, 0.05) is 6.04 Å². The van der Waals surface area contributed by atoms with Gasteiger partial charge in [0.1, 0.15) is 0 Å². The maximum absolute atomic E-state index is 11.1. The molecule has 2 aliphatic carbocycles. The number of carbonyl (C=O) groups excluding carboxylic acids is 1. The van der Waals surface area contributed by atoms with Crippen molar-refractivity contribution < 1.29 is 4.79 Å². The summed E-state index contributed by atoms with van der Waals surface area (Å²) in [7, 11) is 0. The van der Waals surface area contributed by atoms with Gasteiger partial charge in [-0.3, -0.25) is 4.79 Å². The minimum Gasteiger partial charge on any atom is -0.352 e. The number of nitrogens with one attached hydrogen (secondary N) is 1. The zero-order valence-corrected chi connectivity index (χ0v) is 7.25. The summed E-state index contributed by atoms with van der Waals surface area (Å²) in [4.78, 5) is 11.1. The molecule has 2 heteroatoms. The number of carbonyl (C=O) groups is 1. The summed E-state index contributed by atoms with van der Waals surface area (Å²) in [6.07, 6.45) is 6.69. The number of hydrogen-bond acceptors (Lipinski definition) is 1. The topological polar surface area (TPSA) is 29.1 Å². The molecule has 1 amide bonds. The number of fused-ring (bicyclic) bond motifs is 2. The molecule has 0 aromatic heterocycles. The molecular weight excluding hydrogens is 150 g/mol. The number of β-lactam (4-membered cyclic amide) rings is 1. The maximum Gasteiger partial charge on any atom is 0.225 e. The van der Waals surface area contributed by atoms with Gasteiger partial charge < -0.3 is 5.32 Å². The Hall–Kier alpha value is -0.530. The fourth-order valence-electron chi connectivity index (χ4n) is 3.36. The molecule has 0 aromatic carbocycles. The molecule has 1 aliphatic heterocycles. The maximum atomic E-state index is 11.1. The summed E-state index contributed by atoms with van der Waals surface area (Å²) < 4.78 is 0. The van der Waals surface area contributed by atoms with E-state index in [-0.39, 0.29) is 0 Å². The van der Waals surface area contributed by atoms with Crippen molar-refractivity contribution in [2.45, 2.75) is 38.1 Å². The summed E-state index contributed by atoms with van der Waals surface area (Å²) in [6, 6.07) is 0.567. The quantitative estimate of drug-likeness (QED) is 0.539. The normalized spacial score (nSPS) is 50.5. The van der Waals surface area contributed by atoms with E-state index in [0.717, 1.165) is 11.8 Å². The van der Waals surface area contributed by atoms with Crippen LogP contribution in [0.1, 0.15) is 32.1 Å². The summed E-state index contributed by atoms with van der Waals surface area (Å²) >= 11 is 0. The van der Waals surface area contributed by atoms with Crippen LogP contribution >= 0.6 is 0 Å². The molecule has 0 spiro atoms. The van der Waals surface area contributed by atoms with Crippen molar-refractivity contribution in [3.05, 3.63) is 0 Å². The van der Waals surface area contributed by atoms with Crippen LogP contribution < -0.4 is 5.32 Å². The molecule has 1 N–H and O–H groups in total. The van der Waals surface area contributed by atoms with Crippen molar-refractivity contribution in [3.8, 4) is 0 Å². The lowest BCUT2D eigenvalue weighted by Gasteiger charge is -2.45. The molecule has 0 aromatic rings. The van der Waals surface area contributed by atoms with Crippen LogP contribution in [0.15, 0.2) is 0 Å². The third-order valence-electron chi connectivity index (χ3n) is 4.08. The summed E-state index contributed by atoms with van der Waals surface area (Å²) in [6.45, 7) is 0. The zero-order valence-electron chi connectivity index (χ0n) is 7.25. The van der Waals surface area contributed by atoms with Gasteiger partial charge in [-0.15, -0.1) is 0 Å². The SMILES string of the molecule is O=C1NC2CC3CCCC3CC12. The standard InChI is InChI=1S/C10H15NO/c12-10-8-4-6-2-1-3-7(6)5-9(8)11-10/h6-9H,1-5H2,(H,11,12). The number of rotatable bonds is 0. The molecule has 0 bridgehead atoms. The fourth-order valence-corrected chi connectivity index (χ4v) is 3.36. The second-order valence-corrected chi connectivity index (χ2v) is 4.64. The van der Waals surface area contributed by atoms with E-state index in [1.54, 1.807) is 0 Å². The molecule has 4 atom stereocenters. The Morgan fingerprint density at radius 1 is 1.17 bits per heavy atom. The van der Waals surface area contributed by atoms with Gasteiger partial charge in [0.2, 0.25) is 5.91 Å². The van der Waals surface area contributed by atoms with Crippen LogP contribution in [-0.2, 0) is 4.79 Å². The average molecular weight is 165 g/mol. The molecule has 2 saturated carbocycles. The molecule has 3 fully saturated rings. The second-order valence-electron chi connectivity index (χ2n) is 4.64. The van der Waals surface area contributed by atoms with Gasteiger partial charge in [0.15, 0.2) is 0 Å². The molecular formula is C10H15NO. The molecule has 12 heavy (non-hydrogen) atoms. The first-order valence-corrected chi connectivity index (χ1v) is 5.15. The fraction of sp³-hybridized carbons (Fsp3) is 0.900. The van der Waals surface area contributed by atoms with Gasteiger partial charge >= 0.3 is 0 Å². The highest BCUT2D eigenvalue weighted by Crippen LogP contribution is 2.46. The first-order chi connectivity index (χ1) is 5.84. The van der Waals surface area contributed by atoms with Crippen molar-refractivity contribution in [1.82, 2.24) is 5.32 Å². The molecule has 1 heterocycles. The lowest BCUT2D eigenvalue weighted by molar-refractivity contribution is -0.139. The molecule has 4 unspecified atom stereocenters. The summed E-state index contributed by atoms with van der Waals surface area (Å²) in [5.74, 6) is 2.58. The van der Waals surface area contributed by atoms with Crippen LogP contribution in [0, 0.1) is 17.8 Å². The lowest BCUT2D eigenvalue weighted by atomic mass is 9.69. The van der Waals surface area contributed by atoms with E-state index in [4.69, 9.17) is 0 Å². The van der Waals surface area contributed by atoms with Crippen LogP contribution in [0.4, 0.5) is 0 Å². The van der Waals surface area contributed by atoms with E-state index < -0.39 is 0 Å². The van der Waals surface area contributed by atoms with E-state index in [0.29, 0.717) is 17.9 Å². The molecule has 1 saturated heterocycles. The lowest BCUT2D eigenvalue weighted by Crippen LogP contribution is -2.61. The van der Waals surface area contributed by atoms with Crippen LogP contribution in [0.3, 0.4) is 0 Å². The van der Waals surface area contributed by atoms with E-state index >= 15 is 0 Å². The van der Waals surface area contributed by atoms with E-state index in [1.165, 1.54) is 32.1 Å². The van der Waals surface area contributed by atoms with E-state index in [9.17, 15) is 4.79 Å². The van der Waals surface area contributed by atoms with Crippen molar-refractivity contribution in [1.29, 1.82) is 0 Å². The van der Waals surface area contributed by atoms with Crippen LogP contribution in [0.2, 0.25) is 0 Å². The highest BCUT2D eigenvalue weighted by atomic mass is 16.2.